The highest BCUT2D eigenvalue weighted by atomic mass is 19.4. The zero-order valence-electron chi connectivity index (χ0n) is 9.89. The third kappa shape index (κ3) is 3.41. The summed E-state index contributed by atoms with van der Waals surface area (Å²) in [6, 6.07) is 6.23. The molecule has 102 valence electrons. The molecule has 0 amide bonds. The molecule has 0 N–H and O–H groups in total. The fourth-order valence-electron chi connectivity index (χ4n) is 1.47. The van der Waals surface area contributed by atoms with Crippen LogP contribution in [-0.2, 0) is 4.74 Å². The first-order chi connectivity index (χ1) is 8.17. The van der Waals surface area contributed by atoms with Crippen molar-refractivity contribution in [3.8, 4) is 0 Å². The summed E-state index contributed by atoms with van der Waals surface area (Å²) >= 11 is 0. The van der Waals surface area contributed by atoms with Crippen molar-refractivity contribution in [3.05, 3.63) is 35.4 Å². The van der Waals surface area contributed by atoms with E-state index in [1.165, 1.54) is 12.1 Å². The average molecular weight is 268 g/mol. The molecule has 0 spiro atoms. The molecule has 0 saturated heterocycles. The molecule has 6 heteroatoms. The van der Waals surface area contributed by atoms with Crippen molar-refractivity contribution in [1.82, 2.24) is 0 Å². The van der Waals surface area contributed by atoms with E-state index in [1.54, 1.807) is 19.1 Å². The van der Waals surface area contributed by atoms with Gasteiger partial charge in [0, 0.05) is 7.11 Å². The average Bonchev–Trinajstić information content (AvgIpc) is 2.25. The minimum absolute atomic E-state index is 0.298. The number of hydrogen-bond donors (Lipinski definition) is 0. The Labute approximate surface area is 102 Å². The minimum Gasteiger partial charge on any atom is -0.377 e. The fourth-order valence-corrected chi connectivity index (χ4v) is 1.47. The van der Waals surface area contributed by atoms with E-state index in [1.807, 2.05) is 0 Å². The van der Waals surface area contributed by atoms with Gasteiger partial charge in [0.1, 0.15) is 0 Å². The maximum atomic E-state index is 12.9. The molecule has 0 fully saturated rings. The Bertz CT molecular complexity index is 382. The molecule has 18 heavy (non-hydrogen) atoms. The van der Waals surface area contributed by atoms with E-state index in [0.29, 0.717) is 5.56 Å². The summed E-state index contributed by atoms with van der Waals surface area (Å²) in [7, 11) is 1.11. The van der Waals surface area contributed by atoms with Crippen LogP contribution in [0.25, 0.3) is 0 Å². The molecule has 1 nitrogen and oxygen atoms in total. The van der Waals surface area contributed by atoms with Gasteiger partial charge in [-0.1, -0.05) is 29.8 Å². The fraction of sp³-hybridized carbons (Fsp3) is 0.500. The second-order valence-corrected chi connectivity index (χ2v) is 4.04. The predicted octanol–water partition coefficient (Wildman–Crippen LogP) is 4.27. The van der Waals surface area contributed by atoms with E-state index >= 15 is 0 Å². The lowest BCUT2D eigenvalue weighted by molar-refractivity contribution is -0.291. The van der Waals surface area contributed by atoms with Crippen LogP contribution >= 0.6 is 0 Å². The van der Waals surface area contributed by atoms with Gasteiger partial charge in [0.2, 0.25) is 0 Å². The van der Waals surface area contributed by atoms with Crippen LogP contribution in [0.3, 0.4) is 0 Å². The van der Waals surface area contributed by atoms with Gasteiger partial charge in [-0.3, -0.25) is 0 Å². The number of alkyl halides is 5. The van der Waals surface area contributed by atoms with Crippen LogP contribution in [0.2, 0.25) is 0 Å². The van der Waals surface area contributed by atoms with Crippen molar-refractivity contribution < 1.29 is 26.7 Å². The monoisotopic (exact) mass is 268 g/mol. The summed E-state index contributed by atoms with van der Waals surface area (Å²) in [5.41, 5.74) is 1.18. The van der Waals surface area contributed by atoms with Crippen LogP contribution < -0.4 is 0 Å². The molecule has 0 saturated carbocycles. The standard InChI is InChI=1S/C12H13F5O/c1-8-3-5-9(6-4-8)10(18-2)7-11(13,14)12(15,16)17/h3-6,10H,7H2,1-2H3. The second-order valence-electron chi connectivity index (χ2n) is 4.04. The lowest BCUT2D eigenvalue weighted by Gasteiger charge is -2.24. The number of aryl methyl sites for hydroxylation is 1. The van der Waals surface area contributed by atoms with E-state index in [0.717, 1.165) is 12.7 Å². The van der Waals surface area contributed by atoms with E-state index in [-0.39, 0.29) is 0 Å². The van der Waals surface area contributed by atoms with Crippen molar-refractivity contribution in [2.75, 3.05) is 7.11 Å². The van der Waals surface area contributed by atoms with Gasteiger partial charge in [0.25, 0.3) is 0 Å². The lowest BCUT2D eigenvalue weighted by atomic mass is 10.0. The smallest absolute Gasteiger partial charge is 0.377 e. The molecular weight excluding hydrogens is 255 g/mol. The summed E-state index contributed by atoms with van der Waals surface area (Å²) < 4.78 is 66.9. The first-order valence-electron chi connectivity index (χ1n) is 5.21. The van der Waals surface area contributed by atoms with Crippen LogP contribution in [0.4, 0.5) is 22.0 Å². The van der Waals surface area contributed by atoms with Crippen molar-refractivity contribution in [1.29, 1.82) is 0 Å². The molecule has 0 aliphatic heterocycles. The Hall–Kier alpha value is -1.17. The first kappa shape index (κ1) is 14.9. The van der Waals surface area contributed by atoms with Crippen molar-refractivity contribution >= 4 is 0 Å². The van der Waals surface area contributed by atoms with Crippen LogP contribution in [0.1, 0.15) is 23.7 Å². The van der Waals surface area contributed by atoms with Crippen LogP contribution in [-0.4, -0.2) is 19.2 Å². The Morgan fingerprint density at radius 3 is 1.94 bits per heavy atom. The molecule has 1 aromatic carbocycles. The number of benzene rings is 1. The minimum atomic E-state index is -5.56. The van der Waals surface area contributed by atoms with Gasteiger partial charge in [0.15, 0.2) is 0 Å². The van der Waals surface area contributed by atoms with Crippen LogP contribution in [0.15, 0.2) is 24.3 Å². The van der Waals surface area contributed by atoms with Gasteiger partial charge in [-0.05, 0) is 12.5 Å². The molecular formula is C12H13F5O. The van der Waals surface area contributed by atoms with Gasteiger partial charge >= 0.3 is 12.1 Å². The van der Waals surface area contributed by atoms with Crippen LogP contribution in [0, 0.1) is 6.92 Å². The quantitative estimate of drug-likeness (QED) is 0.741. The third-order valence-electron chi connectivity index (χ3n) is 2.59. The van der Waals surface area contributed by atoms with Crippen LogP contribution in [0.5, 0.6) is 0 Å². The highest BCUT2D eigenvalue weighted by Crippen LogP contribution is 2.42. The molecule has 0 aliphatic carbocycles. The highest BCUT2D eigenvalue weighted by Gasteiger charge is 2.58. The summed E-state index contributed by atoms with van der Waals surface area (Å²) in [4.78, 5) is 0. The van der Waals surface area contributed by atoms with Gasteiger partial charge in [-0.2, -0.15) is 22.0 Å². The molecule has 0 aliphatic rings. The summed E-state index contributed by atoms with van der Waals surface area (Å²) in [6.07, 6.45) is -8.27. The second kappa shape index (κ2) is 5.22. The Morgan fingerprint density at radius 1 is 1.06 bits per heavy atom. The van der Waals surface area contributed by atoms with E-state index in [9.17, 15) is 22.0 Å². The number of halogens is 5. The number of methoxy groups -OCH3 is 1. The third-order valence-corrected chi connectivity index (χ3v) is 2.59. The topological polar surface area (TPSA) is 9.23 Å². The first-order valence-corrected chi connectivity index (χ1v) is 5.21. The molecule has 1 atom stereocenters. The maximum Gasteiger partial charge on any atom is 0.453 e. The molecule has 1 aromatic rings. The summed E-state index contributed by atoms with van der Waals surface area (Å²) in [6.45, 7) is 1.79. The van der Waals surface area contributed by atoms with E-state index in [2.05, 4.69) is 0 Å². The number of rotatable bonds is 4. The normalized spacial score (nSPS) is 14.6. The Morgan fingerprint density at radius 2 is 1.56 bits per heavy atom. The SMILES string of the molecule is COC(CC(F)(F)C(F)(F)F)c1ccc(C)cc1. The van der Waals surface area contributed by atoms with Crippen molar-refractivity contribution in [2.45, 2.75) is 31.5 Å². The number of ether oxygens (including phenoxy) is 1. The van der Waals surface area contributed by atoms with E-state index < -0.39 is 24.6 Å². The molecule has 0 bridgehead atoms. The molecule has 1 unspecified atom stereocenters. The van der Waals surface area contributed by atoms with E-state index in [4.69, 9.17) is 4.74 Å². The largest absolute Gasteiger partial charge is 0.453 e. The molecule has 0 aromatic heterocycles. The summed E-state index contributed by atoms with van der Waals surface area (Å²) in [5.74, 6) is -4.77. The molecule has 0 heterocycles. The van der Waals surface area contributed by atoms with Crippen molar-refractivity contribution in [2.24, 2.45) is 0 Å². The van der Waals surface area contributed by atoms with Gasteiger partial charge in [-0.25, -0.2) is 0 Å². The number of hydrogen-bond acceptors (Lipinski definition) is 1. The lowest BCUT2D eigenvalue weighted by Crippen LogP contribution is -2.38. The maximum absolute atomic E-state index is 12.9. The molecule has 1 rings (SSSR count). The van der Waals surface area contributed by atoms with Gasteiger partial charge in [-0.15, -0.1) is 0 Å². The Balaban J connectivity index is 2.89. The zero-order valence-corrected chi connectivity index (χ0v) is 9.89. The van der Waals surface area contributed by atoms with Gasteiger partial charge in [0.05, 0.1) is 12.5 Å². The predicted molar refractivity (Wildman–Crippen MR) is 56.5 cm³/mol. The molecule has 0 radical (unpaired) electrons. The zero-order chi connectivity index (χ0) is 14.0. The van der Waals surface area contributed by atoms with Gasteiger partial charge < -0.3 is 4.74 Å². The summed E-state index contributed by atoms with van der Waals surface area (Å²) in [5, 5.41) is 0. The Kier molecular flexibility index (Phi) is 4.32. The highest BCUT2D eigenvalue weighted by molar-refractivity contribution is 5.23. The van der Waals surface area contributed by atoms with Crippen molar-refractivity contribution in [3.63, 3.8) is 0 Å².